The van der Waals surface area contributed by atoms with Gasteiger partial charge in [-0.2, -0.15) is 0 Å². The van der Waals surface area contributed by atoms with E-state index in [1.807, 2.05) is 0 Å². The predicted molar refractivity (Wildman–Crippen MR) is 153 cm³/mol. The highest BCUT2D eigenvalue weighted by molar-refractivity contribution is 5.71. The van der Waals surface area contributed by atoms with Gasteiger partial charge in [0.2, 0.25) is 0 Å². The third-order valence-electron chi connectivity index (χ3n) is 11.9. The molecule has 0 aromatic rings. The first-order valence-electron chi connectivity index (χ1n) is 15.9. The van der Waals surface area contributed by atoms with E-state index in [0.717, 1.165) is 54.8 Å². The minimum atomic E-state index is -1.66. The summed E-state index contributed by atoms with van der Waals surface area (Å²) in [6, 6.07) is 0. The quantitative estimate of drug-likeness (QED) is 0.215. The average molecular weight is 549 g/mol. The third kappa shape index (κ3) is 6.15. The van der Waals surface area contributed by atoms with Crippen molar-refractivity contribution in [3.63, 3.8) is 0 Å². The molecule has 6 nitrogen and oxygen atoms in total. The Kier molecular flexibility index (Phi) is 9.94. The predicted octanol–water partition coefficient (Wildman–Crippen LogP) is 5.67. The number of rotatable bonds is 12. The normalized spacial score (nSPS) is 37.1. The first-order chi connectivity index (χ1) is 18.5. The molecule has 0 amide bonds. The summed E-state index contributed by atoms with van der Waals surface area (Å²) in [5.74, 6) is 4.23. The SMILES string of the molecule is CC(C)CCC[C@@H](C)[C@H]1CC[C@H]2[C@@H]3CC=C4CC(OCC(=O)OC(CO)(CO)CO)CC[C@]4(C)[C@H]3CC[C@]12C. The Morgan fingerprint density at radius 1 is 1.00 bits per heavy atom. The second-order valence-electron chi connectivity index (χ2n) is 14.6. The van der Waals surface area contributed by atoms with Crippen LogP contribution in [0, 0.1) is 46.3 Å². The van der Waals surface area contributed by atoms with Gasteiger partial charge in [0.1, 0.15) is 6.61 Å². The molecule has 39 heavy (non-hydrogen) atoms. The van der Waals surface area contributed by atoms with E-state index in [4.69, 9.17) is 9.47 Å². The van der Waals surface area contributed by atoms with E-state index in [0.29, 0.717) is 5.41 Å². The van der Waals surface area contributed by atoms with Crippen LogP contribution in [-0.4, -0.2) is 59.4 Å². The van der Waals surface area contributed by atoms with Crippen molar-refractivity contribution in [2.24, 2.45) is 46.3 Å². The van der Waals surface area contributed by atoms with Gasteiger partial charge in [-0.15, -0.1) is 0 Å². The highest BCUT2D eigenvalue weighted by atomic mass is 16.6. The van der Waals surface area contributed by atoms with Gasteiger partial charge in [-0.3, -0.25) is 0 Å². The maximum absolute atomic E-state index is 12.3. The van der Waals surface area contributed by atoms with E-state index in [1.54, 1.807) is 0 Å². The van der Waals surface area contributed by atoms with Gasteiger partial charge < -0.3 is 24.8 Å². The van der Waals surface area contributed by atoms with Crippen molar-refractivity contribution in [3.05, 3.63) is 11.6 Å². The van der Waals surface area contributed by atoms with Gasteiger partial charge in [-0.05, 0) is 97.7 Å². The van der Waals surface area contributed by atoms with Crippen molar-refractivity contribution >= 4 is 5.97 Å². The molecule has 6 heteroatoms. The summed E-state index contributed by atoms with van der Waals surface area (Å²) in [5.41, 5.74) is 0.579. The van der Waals surface area contributed by atoms with E-state index in [1.165, 1.54) is 56.9 Å². The molecule has 0 aliphatic heterocycles. The van der Waals surface area contributed by atoms with Gasteiger partial charge in [0.05, 0.1) is 25.9 Å². The molecule has 0 radical (unpaired) electrons. The van der Waals surface area contributed by atoms with Crippen LogP contribution < -0.4 is 0 Å². The Labute approximate surface area is 236 Å². The molecule has 1 unspecified atom stereocenters. The molecule has 0 heterocycles. The molecule has 0 bridgehead atoms. The second-order valence-corrected chi connectivity index (χ2v) is 14.6. The summed E-state index contributed by atoms with van der Waals surface area (Å²) in [4.78, 5) is 12.3. The Hall–Kier alpha value is -0.950. The number of hydrogen-bond acceptors (Lipinski definition) is 6. The largest absolute Gasteiger partial charge is 0.450 e. The minimum absolute atomic E-state index is 0.0309. The highest BCUT2D eigenvalue weighted by Crippen LogP contribution is 2.67. The molecule has 0 aromatic heterocycles. The molecule has 4 aliphatic carbocycles. The van der Waals surface area contributed by atoms with Gasteiger partial charge in [-0.1, -0.05) is 65.5 Å². The van der Waals surface area contributed by atoms with Crippen molar-refractivity contribution in [3.8, 4) is 0 Å². The molecular formula is C33H56O6. The number of ether oxygens (including phenoxy) is 2. The molecule has 3 saturated carbocycles. The average Bonchev–Trinajstić information content (AvgIpc) is 3.27. The fourth-order valence-corrected chi connectivity index (χ4v) is 9.50. The molecule has 4 aliphatic rings. The first kappa shape index (κ1) is 31.0. The number of hydrogen-bond donors (Lipinski definition) is 3. The van der Waals surface area contributed by atoms with Crippen LogP contribution in [0.4, 0.5) is 0 Å². The van der Waals surface area contributed by atoms with Gasteiger partial charge in [0.25, 0.3) is 0 Å². The molecular weight excluding hydrogens is 492 g/mol. The second kappa shape index (κ2) is 12.5. The maximum atomic E-state index is 12.3. The molecule has 4 rings (SSSR count). The Morgan fingerprint density at radius 3 is 2.38 bits per heavy atom. The van der Waals surface area contributed by atoms with Gasteiger partial charge in [0.15, 0.2) is 5.60 Å². The molecule has 3 fully saturated rings. The number of carbonyl (C=O) groups is 1. The molecule has 0 aromatic carbocycles. The number of carbonyl (C=O) groups excluding carboxylic acids is 1. The van der Waals surface area contributed by atoms with E-state index >= 15 is 0 Å². The Balaban J connectivity index is 1.36. The van der Waals surface area contributed by atoms with Crippen LogP contribution in [0.1, 0.15) is 105 Å². The standard InChI is InChI=1S/C33H56O6/c1-22(2)7-6-8-23(3)27-11-12-28-26-10-9-24-17-25(38-18-30(37)39-33(19-34,20-35)21-36)13-15-31(24,4)29(26)14-16-32(27,28)5/h9,22-23,25-29,34-36H,6-8,10-21H2,1-5H3/t23-,25?,26+,27-,28+,29+,31+,32-/m1/s1. The van der Waals surface area contributed by atoms with E-state index in [2.05, 4.69) is 40.7 Å². The molecule has 0 spiro atoms. The smallest absolute Gasteiger partial charge is 0.332 e. The lowest BCUT2D eigenvalue weighted by Gasteiger charge is -2.58. The zero-order chi connectivity index (χ0) is 28.4. The topological polar surface area (TPSA) is 96.2 Å². The van der Waals surface area contributed by atoms with Crippen LogP contribution in [-0.2, 0) is 14.3 Å². The lowest BCUT2D eigenvalue weighted by atomic mass is 9.47. The molecule has 224 valence electrons. The Bertz CT molecular complexity index is 856. The number of aliphatic hydroxyl groups is 3. The number of esters is 1. The van der Waals surface area contributed by atoms with Crippen LogP contribution in [0.5, 0.6) is 0 Å². The summed E-state index contributed by atoms with van der Waals surface area (Å²) in [7, 11) is 0. The summed E-state index contributed by atoms with van der Waals surface area (Å²) < 4.78 is 11.1. The summed E-state index contributed by atoms with van der Waals surface area (Å²) in [6.45, 7) is 10.2. The number of aliphatic hydroxyl groups excluding tert-OH is 3. The van der Waals surface area contributed by atoms with Crippen molar-refractivity contribution in [1.29, 1.82) is 0 Å². The van der Waals surface area contributed by atoms with E-state index in [-0.39, 0.29) is 18.1 Å². The van der Waals surface area contributed by atoms with Gasteiger partial charge in [0, 0.05) is 0 Å². The van der Waals surface area contributed by atoms with Crippen LogP contribution in [0.3, 0.4) is 0 Å². The monoisotopic (exact) mass is 548 g/mol. The summed E-state index contributed by atoms with van der Waals surface area (Å²) in [5, 5.41) is 28.2. The lowest BCUT2D eigenvalue weighted by Crippen LogP contribution is -2.51. The first-order valence-corrected chi connectivity index (χ1v) is 15.9. The van der Waals surface area contributed by atoms with Crippen molar-refractivity contribution in [1.82, 2.24) is 0 Å². The highest BCUT2D eigenvalue weighted by Gasteiger charge is 2.59. The maximum Gasteiger partial charge on any atom is 0.332 e. The Morgan fingerprint density at radius 2 is 1.72 bits per heavy atom. The van der Waals surface area contributed by atoms with Crippen LogP contribution in [0.15, 0.2) is 11.6 Å². The van der Waals surface area contributed by atoms with Crippen molar-refractivity contribution in [2.45, 2.75) is 117 Å². The zero-order valence-electron chi connectivity index (χ0n) is 25.3. The summed E-state index contributed by atoms with van der Waals surface area (Å²) >= 11 is 0. The van der Waals surface area contributed by atoms with Crippen molar-refractivity contribution in [2.75, 3.05) is 26.4 Å². The lowest BCUT2D eigenvalue weighted by molar-refractivity contribution is -0.183. The molecule has 8 atom stereocenters. The van der Waals surface area contributed by atoms with Crippen LogP contribution >= 0.6 is 0 Å². The van der Waals surface area contributed by atoms with Crippen LogP contribution in [0.2, 0.25) is 0 Å². The fraction of sp³-hybridized carbons (Fsp3) is 0.909. The van der Waals surface area contributed by atoms with E-state index in [9.17, 15) is 20.1 Å². The summed E-state index contributed by atoms with van der Waals surface area (Å²) in [6.07, 6.45) is 16.2. The molecule has 3 N–H and O–H groups in total. The number of allylic oxidation sites excluding steroid dienone is 1. The third-order valence-corrected chi connectivity index (χ3v) is 11.9. The van der Waals surface area contributed by atoms with Crippen LogP contribution in [0.25, 0.3) is 0 Å². The zero-order valence-corrected chi connectivity index (χ0v) is 25.3. The van der Waals surface area contributed by atoms with E-state index < -0.39 is 31.4 Å². The minimum Gasteiger partial charge on any atom is -0.450 e. The van der Waals surface area contributed by atoms with Gasteiger partial charge >= 0.3 is 5.97 Å². The van der Waals surface area contributed by atoms with Crippen molar-refractivity contribution < 1.29 is 29.6 Å². The molecule has 0 saturated heterocycles. The fourth-order valence-electron chi connectivity index (χ4n) is 9.50. The van der Waals surface area contributed by atoms with Gasteiger partial charge in [-0.25, -0.2) is 4.79 Å². The number of fused-ring (bicyclic) bond motifs is 5.